The van der Waals surface area contributed by atoms with Gasteiger partial charge < -0.3 is 5.11 Å². The molecule has 2 nitrogen and oxygen atoms in total. The van der Waals surface area contributed by atoms with Crippen molar-refractivity contribution in [3.05, 3.63) is 29.0 Å². The van der Waals surface area contributed by atoms with Gasteiger partial charge in [-0.25, -0.2) is 4.98 Å². The zero-order valence-electron chi connectivity index (χ0n) is 7.00. The standard InChI is InChI=1S/C9H12ClNO/c1-2-3-8(12)7-4-5-9(10)11-6-7/h4-6,8,12H,2-3H2,1H3. The highest BCUT2D eigenvalue weighted by Gasteiger charge is 2.05. The molecule has 1 unspecified atom stereocenters. The zero-order chi connectivity index (χ0) is 8.97. The largest absolute Gasteiger partial charge is 0.388 e. The van der Waals surface area contributed by atoms with Crippen molar-refractivity contribution in [3.8, 4) is 0 Å². The van der Waals surface area contributed by atoms with Crippen LogP contribution in [-0.4, -0.2) is 10.1 Å². The fourth-order valence-corrected chi connectivity index (χ4v) is 1.14. The van der Waals surface area contributed by atoms with Gasteiger partial charge in [-0.2, -0.15) is 0 Å². The minimum absolute atomic E-state index is 0.403. The highest BCUT2D eigenvalue weighted by molar-refractivity contribution is 6.29. The summed E-state index contributed by atoms with van der Waals surface area (Å²) in [5.74, 6) is 0. The molecule has 0 radical (unpaired) electrons. The van der Waals surface area contributed by atoms with Gasteiger partial charge in [-0.15, -0.1) is 0 Å². The van der Waals surface area contributed by atoms with Gasteiger partial charge in [-0.05, 0) is 18.1 Å². The lowest BCUT2D eigenvalue weighted by Crippen LogP contribution is -1.96. The highest BCUT2D eigenvalue weighted by Crippen LogP contribution is 2.17. The third kappa shape index (κ3) is 2.47. The highest BCUT2D eigenvalue weighted by atomic mass is 35.5. The molecule has 0 saturated carbocycles. The average Bonchev–Trinajstić information content (AvgIpc) is 2.06. The number of aliphatic hydroxyl groups excluding tert-OH is 1. The van der Waals surface area contributed by atoms with E-state index in [-0.39, 0.29) is 0 Å². The second-order valence-electron chi connectivity index (χ2n) is 2.72. The molecule has 0 amide bonds. The normalized spacial score (nSPS) is 12.9. The van der Waals surface area contributed by atoms with E-state index in [9.17, 15) is 5.11 Å². The Morgan fingerprint density at radius 1 is 1.58 bits per heavy atom. The van der Waals surface area contributed by atoms with Crippen LogP contribution in [0.1, 0.15) is 31.4 Å². The Labute approximate surface area is 77.2 Å². The first kappa shape index (κ1) is 9.49. The zero-order valence-corrected chi connectivity index (χ0v) is 7.75. The van der Waals surface area contributed by atoms with Crippen molar-refractivity contribution in [2.75, 3.05) is 0 Å². The first-order chi connectivity index (χ1) is 5.74. The molecule has 1 aromatic rings. The Morgan fingerprint density at radius 2 is 2.33 bits per heavy atom. The van der Waals surface area contributed by atoms with Crippen LogP contribution in [0.25, 0.3) is 0 Å². The molecular weight excluding hydrogens is 174 g/mol. The molecule has 12 heavy (non-hydrogen) atoms. The molecule has 1 atom stereocenters. The number of pyridine rings is 1. The van der Waals surface area contributed by atoms with E-state index in [0.717, 1.165) is 18.4 Å². The number of nitrogens with zero attached hydrogens (tertiary/aromatic N) is 1. The average molecular weight is 186 g/mol. The Balaban J connectivity index is 2.68. The van der Waals surface area contributed by atoms with Gasteiger partial charge in [-0.1, -0.05) is 31.0 Å². The van der Waals surface area contributed by atoms with E-state index >= 15 is 0 Å². The van der Waals surface area contributed by atoms with Crippen molar-refractivity contribution >= 4 is 11.6 Å². The number of halogens is 1. The number of hydrogen-bond acceptors (Lipinski definition) is 2. The van der Waals surface area contributed by atoms with Crippen LogP contribution in [0.3, 0.4) is 0 Å². The smallest absolute Gasteiger partial charge is 0.129 e. The van der Waals surface area contributed by atoms with Crippen LogP contribution in [-0.2, 0) is 0 Å². The topological polar surface area (TPSA) is 33.1 Å². The molecule has 66 valence electrons. The van der Waals surface area contributed by atoms with E-state index in [1.165, 1.54) is 0 Å². The number of hydrogen-bond donors (Lipinski definition) is 1. The summed E-state index contributed by atoms with van der Waals surface area (Å²) in [6, 6.07) is 3.49. The molecule has 0 aliphatic rings. The molecule has 1 N–H and O–H groups in total. The molecule has 3 heteroatoms. The Bertz CT molecular complexity index is 235. The molecule has 0 saturated heterocycles. The van der Waals surface area contributed by atoms with E-state index in [0.29, 0.717) is 5.15 Å². The van der Waals surface area contributed by atoms with Crippen molar-refractivity contribution in [2.45, 2.75) is 25.9 Å². The van der Waals surface area contributed by atoms with Crippen molar-refractivity contribution in [1.82, 2.24) is 4.98 Å². The van der Waals surface area contributed by atoms with E-state index in [4.69, 9.17) is 11.6 Å². The minimum atomic E-state index is -0.403. The minimum Gasteiger partial charge on any atom is -0.388 e. The summed E-state index contributed by atoms with van der Waals surface area (Å²) < 4.78 is 0. The molecule has 0 aliphatic heterocycles. The lowest BCUT2D eigenvalue weighted by atomic mass is 10.1. The van der Waals surface area contributed by atoms with Gasteiger partial charge >= 0.3 is 0 Å². The van der Waals surface area contributed by atoms with Crippen LogP contribution in [0.2, 0.25) is 5.15 Å². The molecule has 0 aromatic carbocycles. The lowest BCUT2D eigenvalue weighted by molar-refractivity contribution is 0.166. The number of aromatic nitrogens is 1. The molecule has 0 aliphatic carbocycles. The Kier molecular flexibility index (Phi) is 3.50. The van der Waals surface area contributed by atoms with E-state index < -0.39 is 6.10 Å². The summed E-state index contributed by atoms with van der Waals surface area (Å²) in [5.41, 5.74) is 0.834. The summed E-state index contributed by atoms with van der Waals surface area (Å²) in [6.45, 7) is 2.03. The lowest BCUT2D eigenvalue weighted by Gasteiger charge is -2.07. The molecular formula is C9H12ClNO. The molecule has 1 heterocycles. The van der Waals surface area contributed by atoms with Crippen LogP contribution in [0.15, 0.2) is 18.3 Å². The quantitative estimate of drug-likeness (QED) is 0.735. The molecule has 0 spiro atoms. The van der Waals surface area contributed by atoms with E-state index in [1.807, 2.05) is 6.92 Å². The third-order valence-electron chi connectivity index (χ3n) is 1.70. The number of rotatable bonds is 3. The van der Waals surface area contributed by atoms with Gasteiger partial charge in [0.2, 0.25) is 0 Å². The molecule has 1 rings (SSSR count). The van der Waals surface area contributed by atoms with Crippen molar-refractivity contribution in [1.29, 1.82) is 0 Å². The SMILES string of the molecule is CCCC(O)c1ccc(Cl)nc1. The number of aliphatic hydroxyl groups is 1. The predicted octanol–water partition coefficient (Wildman–Crippen LogP) is 2.57. The first-order valence-corrected chi connectivity index (χ1v) is 4.41. The summed E-state index contributed by atoms with van der Waals surface area (Å²) in [4.78, 5) is 3.89. The van der Waals surface area contributed by atoms with Crippen LogP contribution >= 0.6 is 11.6 Å². The van der Waals surface area contributed by atoms with Gasteiger partial charge in [0.05, 0.1) is 6.10 Å². The molecule has 0 fully saturated rings. The Morgan fingerprint density at radius 3 is 2.83 bits per heavy atom. The monoisotopic (exact) mass is 185 g/mol. The van der Waals surface area contributed by atoms with E-state index in [1.54, 1.807) is 18.3 Å². The first-order valence-electron chi connectivity index (χ1n) is 4.03. The summed E-state index contributed by atoms with van der Waals surface area (Å²) in [5, 5.41) is 9.99. The fraction of sp³-hybridized carbons (Fsp3) is 0.444. The van der Waals surface area contributed by atoms with Crippen LogP contribution < -0.4 is 0 Å². The molecule has 1 aromatic heterocycles. The van der Waals surface area contributed by atoms with Gasteiger partial charge in [0.1, 0.15) is 5.15 Å². The maximum atomic E-state index is 9.53. The van der Waals surface area contributed by atoms with Crippen molar-refractivity contribution in [2.24, 2.45) is 0 Å². The maximum absolute atomic E-state index is 9.53. The second-order valence-corrected chi connectivity index (χ2v) is 3.11. The summed E-state index contributed by atoms with van der Waals surface area (Å²) in [6.07, 6.45) is 2.94. The van der Waals surface area contributed by atoms with Crippen LogP contribution in [0, 0.1) is 0 Å². The fourth-order valence-electron chi connectivity index (χ4n) is 1.02. The predicted molar refractivity (Wildman–Crippen MR) is 49.1 cm³/mol. The molecule has 0 bridgehead atoms. The van der Waals surface area contributed by atoms with Gasteiger partial charge in [0.25, 0.3) is 0 Å². The van der Waals surface area contributed by atoms with Crippen LogP contribution in [0.4, 0.5) is 0 Å². The maximum Gasteiger partial charge on any atom is 0.129 e. The Hall–Kier alpha value is -0.600. The summed E-state index contributed by atoms with van der Waals surface area (Å²) in [7, 11) is 0. The second kappa shape index (κ2) is 4.43. The third-order valence-corrected chi connectivity index (χ3v) is 1.92. The summed E-state index contributed by atoms with van der Waals surface area (Å²) >= 11 is 5.60. The van der Waals surface area contributed by atoms with Crippen molar-refractivity contribution < 1.29 is 5.11 Å². The van der Waals surface area contributed by atoms with Crippen molar-refractivity contribution in [3.63, 3.8) is 0 Å². The van der Waals surface area contributed by atoms with Gasteiger partial charge in [0.15, 0.2) is 0 Å². The van der Waals surface area contributed by atoms with Crippen LogP contribution in [0.5, 0.6) is 0 Å². The van der Waals surface area contributed by atoms with E-state index in [2.05, 4.69) is 4.98 Å². The van der Waals surface area contributed by atoms with Gasteiger partial charge in [0, 0.05) is 6.20 Å². The van der Waals surface area contributed by atoms with Gasteiger partial charge in [-0.3, -0.25) is 0 Å².